The molecule has 1 aliphatic carbocycles. The van der Waals surface area contributed by atoms with Crippen LogP contribution in [-0.4, -0.2) is 0 Å². The molecule has 1 aliphatic rings. The molecule has 0 saturated heterocycles. The Morgan fingerprint density at radius 1 is 1.55 bits per heavy atom. The lowest BCUT2D eigenvalue weighted by molar-refractivity contribution is 0.821. The van der Waals surface area contributed by atoms with E-state index in [1.54, 1.807) is 6.08 Å². The molecule has 0 heterocycles. The molecular weight excluding hydrogens is 204 g/mol. The molecule has 0 radical (unpaired) electrons. The van der Waals surface area contributed by atoms with Crippen molar-refractivity contribution in [1.29, 1.82) is 10.5 Å². The van der Waals surface area contributed by atoms with E-state index < -0.39 is 0 Å². The second kappa shape index (κ2) is 3.37. The average Bonchev–Trinajstić information content (AvgIpc) is 2.05. The fraction of sp³-hybridized carbons (Fsp3) is 0.250. The zero-order chi connectivity index (χ0) is 8.27. The summed E-state index contributed by atoms with van der Waals surface area (Å²) < 4.78 is 0.713. The minimum Gasteiger partial charge on any atom is -0.198 e. The van der Waals surface area contributed by atoms with Crippen LogP contribution in [0.2, 0.25) is 0 Å². The van der Waals surface area contributed by atoms with Gasteiger partial charge in [0, 0.05) is 4.48 Å². The van der Waals surface area contributed by atoms with Crippen LogP contribution in [-0.2, 0) is 0 Å². The predicted octanol–water partition coefficient (Wildman–Crippen LogP) is 2.26. The normalized spacial score (nSPS) is 22.6. The summed E-state index contributed by atoms with van der Waals surface area (Å²) in [4.78, 5) is 0. The van der Waals surface area contributed by atoms with Crippen LogP contribution in [0.25, 0.3) is 0 Å². The molecule has 2 nitrogen and oxygen atoms in total. The minimum atomic E-state index is -0.172. The van der Waals surface area contributed by atoms with Crippen molar-refractivity contribution in [2.45, 2.75) is 6.42 Å². The molecule has 0 aromatic rings. The van der Waals surface area contributed by atoms with Crippen LogP contribution in [0, 0.1) is 28.6 Å². The van der Waals surface area contributed by atoms with Gasteiger partial charge in [-0.05, 0) is 12.5 Å². The van der Waals surface area contributed by atoms with Gasteiger partial charge >= 0.3 is 0 Å². The number of nitriles is 2. The highest BCUT2D eigenvalue weighted by Gasteiger charge is 2.16. The average molecular weight is 209 g/mol. The van der Waals surface area contributed by atoms with E-state index in [9.17, 15) is 0 Å². The lowest BCUT2D eigenvalue weighted by Gasteiger charge is -2.09. The number of hydrogen-bond acceptors (Lipinski definition) is 2. The molecule has 0 spiro atoms. The fourth-order valence-corrected chi connectivity index (χ4v) is 1.40. The van der Waals surface area contributed by atoms with Crippen LogP contribution in [0.3, 0.4) is 0 Å². The molecule has 1 rings (SSSR count). The van der Waals surface area contributed by atoms with Crippen LogP contribution in [0.1, 0.15) is 6.42 Å². The van der Waals surface area contributed by atoms with Gasteiger partial charge < -0.3 is 0 Å². The molecule has 0 aromatic carbocycles. The van der Waals surface area contributed by atoms with E-state index in [4.69, 9.17) is 10.5 Å². The quantitative estimate of drug-likeness (QED) is 0.614. The van der Waals surface area contributed by atoms with E-state index in [0.29, 0.717) is 16.5 Å². The van der Waals surface area contributed by atoms with Gasteiger partial charge in [0.2, 0.25) is 0 Å². The van der Waals surface area contributed by atoms with E-state index in [-0.39, 0.29) is 5.92 Å². The molecule has 1 atom stereocenters. The first-order chi connectivity index (χ1) is 5.29. The smallest absolute Gasteiger partial charge is 0.1000 e. The molecular formula is C8H5BrN2. The van der Waals surface area contributed by atoms with Crippen LogP contribution in [0.15, 0.2) is 22.2 Å². The van der Waals surface area contributed by atoms with Gasteiger partial charge in [0.25, 0.3) is 0 Å². The van der Waals surface area contributed by atoms with Crippen LogP contribution >= 0.6 is 15.9 Å². The summed E-state index contributed by atoms with van der Waals surface area (Å²) in [6.07, 6.45) is 4.28. The molecule has 0 bridgehead atoms. The summed E-state index contributed by atoms with van der Waals surface area (Å²) in [7, 11) is 0. The van der Waals surface area contributed by atoms with Crippen LogP contribution in [0.5, 0.6) is 0 Å². The molecule has 1 unspecified atom stereocenters. The zero-order valence-electron chi connectivity index (χ0n) is 5.71. The minimum absolute atomic E-state index is 0.172. The number of allylic oxidation sites excluding steroid dienone is 4. The van der Waals surface area contributed by atoms with E-state index in [1.165, 1.54) is 0 Å². The summed E-state index contributed by atoms with van der Waals surface area (Å²) >= 11 is 3.22. The second-order valence-corrected chi connectivity index (χ2v) is 3.05. The van der Waals surface area contributed by atoms with E-state index in [0.717, 1.165) is 0 Å². The SMILES string of the molecule is N#CC1=C(Br)C(C#N)CC=C1. The zero-order valence-corrected chi connectivity index (χ0v) is 7.30. The van der Waals surface area contributed by atoms with E-state index >= 15 is 0 Å². The van der Waals surface area contributed by atoms with Gasteiger partial charge in [-0.3, -0.25) is 0 Å². The third-order valence-electron chi connectivity index (χ3n) is 1.50. The Balaban J connectivity index is 3.01. The highest BCUT2D eigenvalue weighted by molar-refractivity contribution is 9.11. The highest BCUT2D eigenvalue weighted by Crippen LogP contribution is 2.28. The summed E-state index contributed by atoms with van der Waals surface area (Å²) in [5, 5.41) is 17.2. The van der Waals surface area contributed by atoms with Gasteiger partial charge in [0.1, 0.15) is 0 Å². The van der Waals surface area contributed by atoms with E-state index in [1.807, 2.05) is 12.1 Å². The van der Waals surface area contributed by atoms with Gasteiger partial charge in [-0.25, -0.2) is 0 Å². The molecule has 3 heteroatoms. The molecule has 54 valence electrons. The number of nitrogens with zero attached hydrogens (tertiary/aromatic N) is 2. The monoisotopic (exact) mass is 208 g/mol. The van der Waals surface area contributed by atoms with Crippen molar-refractivity contribution >= 4 is 15.9 Å². The number of hydrogen-bond donors (Lipinski definition) is 0. The van der Waals surface area contributed by atoms with Crippen molar-refractivity contribution < 1.29 is 0 Å². The van der Waals surface area contributed by atoms with Crippen molar-refractivity contribution in [2.24, 2.45) is 5.92 Å². The number of rotatable bonds is 0. The Hall–Kier alpha value is -1.06. The maximum Gasteiger partial charge on any atom is 0.1000 e. The standard InChI is InChI=1S/C8H5BrN2/c9-8-6(4-10)2-1-3-7(8)5-11/h1-2,7H,3H2. The van der Waals surface area contributed by atoms with Crippen molar-refractivity contribution in [1.82, 2.24) is 0 Å². The molecule has 0 aliphatic heterocycles. The Bertz CT molecular complexity index is 301. The first-order valence-electron chi connectivity index (χ1n) is 3.15. The van der Waals surface area contributed by atoms with E-state index in [2.05, 4.69) is 22.0 Å². The van der Waals surface area contributed by atoms with Gasteiger partial charge in [-0.15, -0.1) is 0 Å². The molecule has 0 amide bonds. The summed E-state index contributed by atoms with van der Waals surface area (Å²) in [6, 6.07) is 4.12. The van der Waals surface area contributed by atoms with Crippen molar-refractivity contribution in [3.05, 3.63) is 22.2 Å². The second-order valence-electron chi connectivity index (χ2n) is 2.19. The van der Waals surface area contributed by atoms with Crippen molar-refractivity contribution in [2.75, 3.05) is 0 Å². The summed E-state index contributed by atoms with van der Waals surface area (Å²) in [5.74, 6) is -0.172. The number of halogens is 1. The molecule has 0 saturated carbocycles. The molecule has 0 fully saturated rings. The van der Waals surface area contributed by atoms with Gasteiger partial charge in [-0.2, -0.15) is 10.5 Å². The Morgan fingerprint density at radius 2 is 2.27 bits per heavy atom. The Morgan fingerprint density at radius 3 is 2.82 bits per heavy atom. The third kappa shape index (κ3) is 1.50. The van der Waals surface area contributed by atoms with Crippen LogP contribution in [0.4, 0.5) is 0 Å². The summed E-state index contributed by atoms with van der Waals surface area (Å²) in [5.41, 5.74) is 0.558. The molecule has 11 heavy (non-hydrogen) atoms. The maximum absolute atomic E-state index is 8.62. The molecule has 0 aromatic heterocycles. The van der Waals surface area contributed by atoms with Gasteiger partial charge in [0.05, 0.1) is 23.6 Å². The summed E-state index contributed by atoms with van der Waals surface area (Å²) in [6.45, 7) is 0. The topological polar surface area (TPSA) is 47.6 Å². The first kappa shape index (κ1) is 8.04. The highest BCUT2D eigenvalue weighted by atomic mass is 79.9. The molecule has 0 N–H and O–H groups in total. The fourth-order valence-electron chi connectivity index (χ4n) is 0.893. The Kier molecular flexibility index (Phi) is 2.46. The van der Waals surface area contributed by atoms with Crippen molar-refractivity contribution in [3.8, 4) is 12.1 Å². The lowest BCUT2D eigenvalue weighted by atomic mass is 9.98. The van der Waals surface area contributed by atoms with Gasteiger partial charge in [-0.1, -0.05) is 22.0 Å². The predicted molar refractivity (Wildman–Crippen MR) is 44.4 cm³/mol. The maximum atomic E-state index is 8.62. The van der Waals surface area contributed by atoms with Crippen LogP contribution < -0.4 is 0 Å². The first-order valence-corrected chi connectivity index (χ1v) is 3.95. The lowest BCUT2D eigenvalue weighted by Crippen LogP contribution is -2.01. The van der Waals surface area contributed by atoms with Crippen molar-refractivity contribution in [3.63, 3.8) is 0 Å². The third-order valence-corrected chi connectivity index (χ3v) is 2.48. The van der Waals surface area contributed by atoms with Gasteiger partial charge in [0.15, 0.2) is 0 Å². The Labute approximate surface area is 73.6 Å². The largest absolute Gasteiger partial charge is 0.198 e.